The van der Waals surface area contributed by atoms with Crippen molar-refractivity contribution in [2.24, 2.45) is 17.8 Å². The molecule has 0 spiro atoms. The topological polar surface area (TPSA) is 166 Å². The quantitative estimate of drug-likeness (QED) is 0.362. The van der Waals surface area contributed by atoms with Crippen molar-refractivity contribution in [3.05, 3.63) is 0 Å². The molecule has 43 heavy (non-hydrogen) atoms. The van der Waals surface area contributed by atoms with Crippen LogP contribution in [-0.4, -0.2) is 119 Å². The van der Waals surface area contributed by atoms with Crippen molar-refractivity contribution in [2.75, 3.05) is 33.8 Å². The average molecular weight is 610 g/mol. The van der Waals surface area contributed by atoms with E-state index >= 15 is 0 Å². The molecule has 244 valence electrons. The van der Waals surface area contributed by atoms with E-state index < -0.39 is 65.8 Å². The Morgan fingerprint density at radius 3 is 2.19 bits per heavy atom. The number of carbonyl (C=O) groups excluding carboxylic acids is 6. The summed E-state index contributed by atoms with van der Waals surface area (Å²) in [6, 6.07) is -3.66. The maximum atomic E-state index is 13.9. The average Bonchev–Trinajstić information content (AvgIpc) is 3.46. The molecule has 3 N–H and O–H groups in total. The van der Waals surface area contributed by atoms with Crippen LogP contribution in [0.15, 0.2) is 0 Å². The monoisotopic (exact) mass is 609 g/mol. The van der Waals surface area contributed by atoms with Crippen LogP contribution in [-0.2, 0) is 33.5 Å². The number of rotatable bonds is 6. The van der Waals surface area contributed by atoms with Gasteiger partial charge in [-0.3, -0.25) is 28.8 Å². The Kier molecular flexibility index (Phi) is 13.4. The molecule has 7 atom stereocenters. The van der Waals surface area contributed by atoms with Gasteiger partial charge < -0.3 is 35.2 Å². The highest BCUT2D eigenvalue weighted by atomic mass is 16.5. The number of cyclic esters (lactones) is 1. The molecule has 0 bridgehead atoms. The van der Waals surface area contributed by atoms with E-state index in [1.807, 2.05) is 13.8 Å². The number of fused-ring (bicyclic) bond motifs is 1. The highest BCUT2D eigenvalue weighted by Crippen LogP contribution is 2.24. The minimum atomic E-state index is -1.23. The first-order valence-corrected chi connectivity index (χ1v) is 15.4. The number of aliphatic hydroxyl groups is 1. The van der Waals surface area contributed by atoms with Crippen molar-refractivity contribution >= 4 is 35.5 Å². The van der Waals surface area contributed by atoms with Crippen LogP contribution in [0.4, 0.5) is 0 Å². The normalized spacial score (nSPS) is 28.9. The second kappa shape index (κ2) is 16.0. The number of nitrogens with zero attached hydrogens (tertiary/aromatic N) is 3. The van der Waals surface area contributed by atoms with E-state index in [0.29, 0.717) is 19.3 Å². The van der Waals surface area contributed by atoms with E-state index in [1.54, 1.807) is 27.7 Å². The summed E-state index contributed by atoms with van der Waals surface area (Å²) >= 11 is 0. The summed E-state index contributed by atoms with van der Waals surface area (Å²) in [7, 11) is 3.01. The predicted molar refractivity (Wildman–Crippen MR) is 158 cm³/mol. The summed E-state index contributed by atoms with van der Waals surface area (Å²) in [5.74, 6) is -4.09. The van der Waals surface area contributed by atoms with Crippen molar-refractivity contribution < 1.29 is 38.6 Å². The summed E-state index contributed by atoms with van der Waals surface area (Å²) < 4.78 is 5.54. The van der Waals surface area contributed by atoms with E-state index in [0.717, 1.165) is 0 Å². The fourth-order valence-electron chi connectivity index (χ4n) is 5.54. The zero-order chi connectivity index (χ0) is 32.6. The van der Waals surface area contributed by atoms with Crippen molar-refractivity contribution in [3.63, 3.8) is 0 Å². The zero-order valence-electron chi connectivity index (χ0n) is 26.9. The number of carbonyl (C=O) groups is 6. The number of hydrogen-bond acceptors (Lipinski definition) is 8. The summed E-state index contributed by atoms with van der Waals surface area (Å²) in [4.78, 5) is 84.6. The molecule has 2 aliphatic rings. The van der Waals surface area contributed by atoms with Gasteiger partial charge in [0.25, 0.3) is 5.91 Å². The number of nitrogens with one attached hydrogen (secondary N) is 2. The SMILES string of the molecule is CC[C@H](C)[C@@H]1NC(=O)[C@@H]2CCCN2C(=O)[C@@H](C[C@H](C)CO)OC(=O)CCNC(=O)[C@H](C)N(C)C(=O)[C@H](C(C)C)N(C)C1=O. The van der Waals surface area contributed by atoms with Gasteiger partial charge in [0, 0.05) is 33.8 Å². The number of likely N-dealkylation sites (N-methyl/N-ethyl adjacent to an activating group) is 2. The molecule has 0 aromatic heterocycles. The molecule has 13 nitrogen and oxygen atoms in total. The lowest BCUT2D eigenvalue weighted by Crippen LogP contribution is -2.60. The van der Waals surface area contributed by atoms with Crippen molar-refractivity contribution in [2.45, 2.75) is 104 Å². The molecule has 2 saturated heterocycles. The third-order valence-electron chi connectivity index (χ3n) is 8.68. The molecular formula is C30H51N5O8. The van der Waals surface area contributed by atoms with Gasteiger partial charge in [-0.25, -0.2) is 0 Å². The fourth-order valence-corrected chi connectivity index (χ4v) is 5.54. The first kappa shape index (κ1) is 36.0. The third-order valence-corrected chi connectivity index (χ3v) is 8.68. The first-order valence-electron chi connectivity index (χ1n) is 15.4. The highest BCUT2D eigenvalue weighted by Gasteiger charge is 2.43. The number of ether oxygens (including phenoxy) is 1. The van der Waals surface area contributed by atoms with Gasteiger partial charge in [-0.2, -0.15) is 0 Å². The molecule has 2 heterocycles. The van der Waals surface area contributed by atoms with Crippen LogP contribution in [0.1, 0.15) is 73.6 Å². The summed E-state index contributed by atoms with van der Waals surface area (Å²) in [5, 5.41) is 15.1. The van der Waals surface area contributed by atoms with Gasteiger partial charge in [-0.1, -0.05) is 41.0 Å². The summed E-state index contributed by atoms with van der Waals surface area (Å²) in [5.41, 5.74) is 0. The van der Waals surface area contributed by atoms with Crippen LogP contribution >= 0.6 is 0 Å². The lowest BCUT2D eigenvalue weighted by atomic mass is 9.94. The van der Waals surface area contributed by atoms with E-state index in [1.165, 1.54) is 28.8 Å². The van der Waals surface area contributed by atoms with E-state index in [2.05, 4.69) is 10.6 Å². The van der Waals surface area contributed by atoms with Gasteiger partial charge in [-0.05, 0) is 43.9 Å². The van der Waals surface area contributed by atoms with Gasteiger partial charge in [0.2, 0.25) is 23.6 Å². The van der Waals surface area contributed by atoms with Crippen LogP contribution in [0.3, 0.4) is 0 Å². The molecule has 2 fully saturated rings. The Morgan fingerprint density at radius 1 is 0.953 bits per heavy atom. The molecule has 0 radical (unpaired) electrons. The molecule has 0 saturated carbocycles. The van der Waals surface area contributed by atoms with Gasteiger partial charge >= 0.3 is 5.97 Å². The Bertz CT molecular complexity index is 1040. The van der Waals surface area contributed by atoms with Crippen molar-refractivity contribution in [1.29, 1.82) is 0 Å². The Labute approximate surface area is 255 Å². The van der Waals surface area contributed by atoms with Crippen LogP contribution in [0.5, 0.6) is 0 Å². The molecule has 2 aliphatic heterocycles. The second-order valence-electron chi connectivity index (χ2n) is 12.4. The smallest absolute Gasteiger partial charge is 0.308 e. The lowest BCUT2D eigenvalue weighted by Gasteiger charge is -2.38. The van der Waals surface area contributed by atoms with Crippen LogP contribution in [0, 0.1) is 17.8 Å². The van der Waals surface area contributed by atoms with Crippen LogP contribution < -0.4 is 10.6 Å². The minimum absolute atomic E-state index is 0.0532. The third kappa shape index (κ3) is 8.90. The van der Waals surface area contributed by atoms with Gasteiger partial charge in [0.15, 0.2) is 6.10 Å². The summed E-state index contributed by atoms with van der Waals surface area (Å²) in [6.07, 6.45) is 0.0762. The van der Waals surface area contributed by atoms with Crippen LogP contribution in [0.25, 0.3) is 0 Å². The Morgan fingerprint density at radius 2 is 1.60 bits per heavy atom. The Hall–Kier alpha value is -3.22. The standard InChI is InChI=1S/C30H51N5O8/c1-9-19(5)24-29(41)34(8)25(17(2)3)30(42)33(7)20(6)26(38)31-13-12-23(37)43-22(15-18(4)16-36)28(40)35-14-10-11-21(35)27(39)32-24/h17-22,24-25,36H,9-16H2,1-8H3,(H,31,38)(H,32,39)/t18-,19-,20-,21-,22+,24-,25-/m0/s1. The maximum Gasteiger partial charge on any atom is 0.308 e. The largest absolute Gasteiger partial charge is 0.452 e. The maximum absolute atomic E-state index is 13.9. The van der Waals surface area contributed by atoms with Gasteiger partial charge in [-0.15, -0.1) is 0 Å². The zero-order valence-corrected chi connectivity index (χ0v) is 26.9. The number of aliphatic hydroxyl groups excluding tert-OH is 1. The molecular weight excluding hydrogens is 558 g/mol. The molecule has 0 aromatic rings. The number of hydrogen-bond donors (Lipinski definition) is 3. The fraction of sp³-hybridized carbons (Fsp3) is 0.800. The highest BCUT2D eigenvalue weighted by molar-refractivity contribution is 5.96. The Balaban J connectivity index is 2.54. The van der Waals surface area contributed by atoms with E-state index in [9.17, 15) is 33.9 Å². The molecule has 0 aliphatic carbocycles. The van der Waals surface area contributed by atoms with Crippen molar-refractivity contribution in [3.8, 4) is 0 Å². The number of esters is 1. The summed E-state index contributed by atoms with van der Waals surface area (Å²) in [6.45, 7) is 10.6. The first-order chi connectivity index (χ1) is 20.2. The minimum Gasteiger partial charge on any atom is -0.452 e. The molecule has 2 rings (SSSR count). The lowest BCUT2D eigenvalue weighted by molar-refractivity contribution is -0.162. The second-order valence-corrected chi connectivity index (χ2v) is 12.4. The van der Waals surface area contributed by atoms with E-state index in [-0.39, 0.29) is 50.3 Å². The molecule has 13 heteroatoms. The van der Waals surface area contributed by atoms with E-state index in [4.69, 9.17) is 4.74 Å². The van der Waals surface area contributed by atoms with Gasteiger partial charge in [0.05, 0.1) is 6.42 Å². The predicted octanol–water partition coefficient (Wildman–Crippen LogP) is 0.288. The van der Waals surface area contributed by atoms with Gasteiger partial charge in [0.1, 0.15) is 24.2 Å². The molecule has 0 aromatic carbocycles. The molecule has 0 unspecified atom stereocenters. The number of amides is 5. The molecule has 5 amide bonds. The van der Waals surface area contributed by atoms with Crippen LogP contribution in [0.2, 0.25) is 0 Å². The van der Waals surface area contributed by atoms with Crippen molar-refractivity contribution in [1.82, 2.24) is 25.3 Å².